The summed E-state index contributed by atoms with van der Waals surface area (Å²) in [5, 5.41) is 12.4. The van der Waals surface area contributed by atoms with Crippen LogP contribution in [0.25, 0.3) is 0 Å². The lowest BCUT2D eigenvalue weighted by Crippen LogP contribution is -2.22. The minimum atomic E-state index is -0.764. The first-order valence-electron chi connectivity index (χ1n) is 5.96. The molecule has 96 valence electrons. The predicted octanol–water partition coefficient (Wildman–Crippen LogP) is 1.71. The summed E-state index contributed by atoms with van der Waals surface area (Å²) in [6.45, 7) is 5.75. The van der Waals surface area contributed by atoms with E-state index in [4.69, 9.17) is 9.63 Å². The minimum Gasteiger partial charge on any atom is -0.481 e. The first kappa shape index (κ1) is 13.5. The van der Waals surface area contributed by atoms with Gasteiger partial charge in [0.1, 0.15) is 0 Å². The van der Waals surface area contributed by atoms with Crippen molar-refractivity contribution in [3.8, 4) is 0 Å². The van der Waals surface area contributed by atoms with Gasteiger partial charge in [-0.15, -0.1) is 0 Å². The fraction of sp³-hybridized carbons (Fsp3) is 0.727. The van der Waals surface area contributed by atoms with Crippen LogP contribution in [0.3, 0.4) is 0 Å². The Morgan fingerprint density at radius 1 is 1.35 bits per heavy atom. The summed E-state index contributed by atoms with van der Waals surface area (Å²) in [4.78, 5) is 16.6. The van der Waals surface area contributed by atoms with Crippen LogP contribution in [0, 0.1) is 0 Å². The van der Waals surface area contributed by atoms with Crippen molar-refractivity contribution >= 4 is 11.9 Å². The van der Waals surface area contributed by atoms with Gasteiger partial charge in [-0.1, -0.05) is 0 Å². The summed E-state index contributed by atoms with van der Waals surface area (Å²) in [5.74, 6) is 0.430. The second-order valence-corrected chi connectivity index (χ2v) is 3.76. The molecule has 6 heteroatoms. The van der Waals surface area contributed by atoms with Crippen molar-refractivity contribution in [2.45, 2.75) is 39.5 Å². The average molecular weight is 241 g/mol. The van der Waals surface area contributed by atoms with E-state index in [1.54, 1.807) is 0 Å². The number of hydrogen-bond donors (Lipinski definition) is 1. The van der Waals surface area contributed by atoms with Gasteiger partial charge in [-0.25, -0.2) is 0 Å². The Hall–Kier alpha value is -1.59. The van der Waals surface area contributed by atoms with Crippen molar-refractivity contribution in [3.05, 3.63) is 5.89 Å². The van der Waals surface area contributed by atoms with Gasteiger partial charge < -0.3 is 14.5 Å². The predicted molar refractivity (Wildman–Crippen MR) is 63.0 cm³/mol. The zero-order chi connectivity index (χ0) is 12.7. The molecule has 0 amide bonds. The lowest BCUT2D eigenvalue weighted by Gasteiger charge is -2.14. The lowest BCUT2D eigenvalue weighted by molar-refractivity contribution is -0.137. The van der Waals surface area contributed by atoms with Crippen LogP contribution in [0.4, 0.5) is 5.95 Å². The number of hydrogen-bond acceptors (Lipinski definition) is 5. The number of unbranched alkanes of at least 4 members (excludes halogenated alkanes) is 1. The van der Waals surface area contributed by atoms with E-state index >= 15 is 0 Å². The van der Waals surface area contributed by atoms with Crippen molar-refractivity contribution in [3.63, 3.8) is 0 Å². The molecule has 0 saturated heterocycles. The summed E-state index contributed by atoms with van der Waals surface area (Å²) >= 11 is 0. The van der Waals surface area contributed by atoms with Crippen molar-refractivity contribution in [2.24, 2.45) is 0 Å². The SMILES string of the molecule is CCN(CC)c1noc(CCCCC(=O)O)n1. The third kappa shape index (κ3) is 4.42. The maximum Gasteiger partial charge on any atom is 0.303 e. The second-order valence-electron chi connectivity index (χ2n) is 3.76. The number of aliphatic carboxylic acids is 1. The second kappa shape index (κ2) is 6.88. The molecule has 0 fully saturated rings. The fourth-order valence-electron chi connectivity index (χ4n) is 1.53. The summed E-state index contributed by atoms with van der Waals surface area (Å²) in [5.41, 5.74) is 0. The molecular formula is C11H19N3O3. The Morgan fingerprint density at radius 2 is 2.06 bits per heavy atom. The smallest absolute Gasteiger partial charge is 0.303 e. The minimum absolute atomic E-state index is 0.192. The van der Waals surface area contributed by atoms with Crippen molar-refractivity contribution in [1.29, 1.82) is 0 Å². The molecular weight excluding hydrogens is 222 g/mol. The van der Waals surface area contributed by atoms with Crippen LogP contribution in [0.2, 0.25) is 0 Å². The van der Waals surface area contributed by atoms with E-state index in [1.165, 1.54) is 0 Å². The molecule has 6 nitrogen and oxygen atoms in total. The quantitative estimate of drug-likeness (QED) is 0.698. The van der Waals surface area contributed by atoms with E-state index in [0.717, 1.165) is 19.5 Å². The van der Waals surface area contributed by atoms with E-state index in [0.29, 0.717) is 24.7 Å². The average Bonchev–Trinajstić information content (AvgIpc) is 2.75. The summed E-state index contributed by atoms with van der Waals surface area (Å²) in [6.07, 6.45) is 2.23. The van der Waals surface area contributed by atoms with Crippen LogP contribution in [-0.2, 0) is 11.2 Å². The molecule has 0 radical (unpaired) electrons. The van der Waals surface area contributed by atoms with Gasteiger partial charge in [0, 0.05) is 25.9 Å². The third-order valence-electron chi connectivity index (χ3n) is 2.53. The molecule has 0 atom stereocenters. The Morgan fingerprint density at radius 3 is 2.65 bits per heavy atom. The Kier molecular flexibility index (Phi) is 5.45. The first-order chi connectivity index (χ1) is 8.17. The highest BCUT2D eigenvalue weighted by Gasteiger charge is 2.10. The van der Waals surface area contributed by atoms with Gasteiger partial charge in [0.15, 0.2) is 0 Å². The van der Waals surface area contributed by atoms with E-state index in [-0.39, 0.29) is 6.42 Å². The van der Waals surface area contributed by atoms with Gasteiger partial charge in [-0.2, -0.15) is 4.98 Å². The molecule has 0 bridgehead atoms. The molecule has 1 heterocycles. The maximum absolute atomic E-state index is 10.3. The lowest BCUT2D eigenvalue weighted by atomic mass is 10.2. The number of aromatic nitrogens is 2. The van der Waals surface area contributed by atoms with Gasteiger partial charge in [-0.05, 0) is 31.8 Å². The first-order valence-corrected chi connectivity index (χ1v) is 5.96. The van der Waals surface area contributed by atoms with Crippen molar-refractivity contribution in [2.75, 3.05) is 18.0 Å². The standard InChI is InChI=1S/C11H19N3O3/c1-3-14(4-2)11-12-9(17-13-11)7-5-6-8-10(15)16/h3-8H2,1-2H3,(H,15,16). The molecule has 1 aromatic heterocycles. The van der Waals surface area contributed by atoms with Crippen LogP contribution in [0.5, 0.6) is 0 Å². The molecule has 1 rings (SSSR count). The number of anilines is 1. The van der Waals surface area contributed by atoms with Gasteiger partial charge in [0.05, 0.1) is 0 Å². The van der Waals surface area contributed by atoms with E-state index < -0.39 is 5.97 Å². The molecule has 0 aromatic carbocycles. The van der Waals surface area contributed by atoms with Crippen LogP contribution >= 0.6 is 0 Å². The van der Waals surface area contributed by atoms with Crippen LogP contribution < -0.4 is 4.90 Å². The summed E-state index contributed by atoms with van der Waals surface area (Å²) < 4.78 is 5.11. The van der Waals surface area contributed by atoms with E-state index in [1.807, 2.05) is 18.7 Å². The monoisotopic (exact) mass is 241 g/mol. The van der Waals surface area contributed by atoms with Crippen LogP contribution in [-0.4, -0.2) is 34.3 Å². The van der Waals surface area contributed by atoms with Crippen molar-refractivity contribution in [1.82, 2.24) is 10.1 Å². The molecule has 0 spiro atoms. The highest BCUT2D eigenvalue weighted by molar-refractivity contribution is 5.66. The number of carboxylic acids is 1. The van der Waals surface area contributed by atoms with Gasteiger partial charge in [0.2, 0.25) is 5.89 Å². The number of nitrogens with zero attached hydrogens (tertiary/aromatic N) is 3. The Balaban J connectivity index is 2.37. The highest BCUT2D eigenvalue weighted by Crippen LogP contribution is 2.11. The number of carbonyl (C=O) groups is 1. The maximum atomic E-state index is 10.3. The number of rotatable bonds is 8. The van der Waals surface area contributed by atoms with Gasteiger partial charge in [0.25, 0.3) is 5.95 Å². The normalized spacial score (nSPS) is 10.5. The molecule has 0 unspecified atom stereocenters. The summed E-state index contributed by atoms with van der Waals surface area (Å²) in [7, 11) is 0. The van der Waals surface area contributed by atoms with Crippen LogP contribution in [0.1, 0.15) is 39.0 Å². The molecule has 0 aliphatic heterocycles. The van der Waals surface area contributed by atoms with Gasteiger partial charge >= 0.3 is 5.97 Å². The zero-order valence-electron chi connectivity index (χ0n) is 10.3. The highest BCUT2D eigenvalue weighted by atomic mass is 16.5. The van der Waals surface area contributed by atoms with E-state index in [2.05, 4.69) is 10.1 Å². The number of carboxylic acid groups (broad SMARTS) is 1. The fourth-order valence-corrected chi connectivity index (χ4v) is 1.53. The zero-order valence-corrected chi connectivity index (χ0v) is 10.3. The third-order valence-corrected chi connectivity index (χ3v) is 2.53. The topological polar surface area (TPSA) is 79.5 Å². The molecule has 1 N–H and O–H groups in total. The summed E-state index contributed by atoms with van der Waals surface area (Å²) in [6, 6.07) is 0. The number of aryl methyl sites for hydroxylation is 1. The molecule has 0 saturated carbocycles. The van der Waals surface area contributed by atoms with Crippen molar-refractivity contribution < 1.29 is 14.4 Å². The van der Waals surface area contributed by atoms with Crippen LogP contribution in [0.15, 0.2) is 4.52 Å². The van der Waals surface area contributed by atoms with Gasteiger partial charge in [-0.3, -0.25) is 4.79 Å². The molecule has 17 heavy (non-hydrogen) atoms. The molecule has 0 aliphatic carbocycles. The Labute approximate surface area is 101 Å². The largest absolute Gasteiger partial charge is 0.481 e. The van der Waals surface area contributed by atoms with E-state index in [9.17, 15) is 4.79 Å². The molecule has 1 aromatic rings. The Bertz CT molecular complexity index is 347. The molecule has 0 aliphatic rings.